The molecule has 0 aliphatic rings. The smallest absolute Gasteiger partial charge is 0.160 e. The molecule has 0 radical (unpaired) electrons. The van der Waals surface area contributed by atoms with Gasteiger partial charge in [-0.05, 0) is 38.5 Å². The summed E-state index contributed by atoms with van der Waals surface area (Å²) in [6.45, 7) is 6.67. The maximum atomic E-state index is 9.31. The molecule has 0 amide bonds. The molecule has 0 bridgehead atoms. The van der Waals surface area contributed by atoms with Crippen LogP contribution in [0.2, 0.25) is 0 Å². The number of nitrogens with one attached hydrogen (secondary N) is 1. The van der Waals surface area contributed by atoms with Crippen molar-refractivity contribution in [2.24, 2.45) is 0 Å². The standard InChI is InChI=1S/C16H18N4O/c1-10-8-15(17-9-13-4-6-14(21)7-5-13)20-16(18-10)11(2)12(3)19-20/h4-8,17,21H,9H2,1-3H3. The SMILES string of the molecule is Cc1cc(NCc2ccc(O)cc2)n2nc(C)c(C)c2n1. The van der Waals surface area contributed by atoms with E-state index in [0.717, 1.165) is 34.0 Å². The predicted octanol–water partition coefficient (Wildman–Crippen LogP) is 2.97. The van der Waals surface area contributed by atoms with Gasteiger partial charge in [-0.1, -0.05) is 12.1 Å². The highest BCUT2D eigenvalue weighted by Crippen LogP contribution is 2.19. The van der Waals surface area contributed by atoms with E-state index < -0.39 is 0 Å². The largest absolute Gasteiger partial charge is 0.508 e. The molecular weight excluding hydrogens is 264 g/mol. The summed E-state index contributed by atoms with van der Waals surface area (Å²) in [4.78, 5) is 4.55. The Balaban J connectivity index is 1.93. The van der Waals surface area contributed by atoms with E-state index in [-0.39, 0.29) is 5.75 Å². The summed E-state index contributed by atoms with van der Waals surface area (Å²) in [6, 6.07) is 9.15. The van der Waals surface area contributed by atoms with Crippen LogP contribution in [-0.4, -0.2) is 19.7 Å². The molecule has 2 heterocycles. The molecular formula is C16H18N4O. The Hall–Kier alpha value is -2.56. The fourth-order valence-corrected chi connectivity index (χ4v) is 2.28. The normalized spacial score (nSPS) is 11.0. The van der Waals surface area contributed by atoms with Crippen molar-refractivity contribution < 1.29 is 5.11 Å². The lowest BCUT2D eigenvalue weighted by Gasteiger charge is -2.09. The number of aromatic hydroxyl groups is 1. The van der Waals surface area contributed by atoms with Gasteiger partial charge in [0.25, 0.3) is 0 Å². The van der Waals surface area contributed by atoms with Crippen LogP contribution in [0.25, 0.3) is 5.65 Å². The van der Waals surface area contributed by atoms with Gasteiger partial charge in [0, 0.05) is 23.9 Å². The quantitative estimate of drug-likeness (QED) is 0.775. The van der Waals surface area contributed by atoms with Crippen LogP contribution in [0.5, 0.6) is 5.75 Å². The second kappa shape index (κ2) is 5.09. The number of phenols is 1. The third kappa shape index (κ3) is 2.54. The van der Waals surface area contributed by atoms with Crippen molar-refractivity contribution in [1.82, 2.24) is 14.6 Å². The highest BCUT2D eigenvalue weighted by molar-refractivity contribution is 5.56. The lowest BCUT2D eigenvalue weighted by molar-refractivity contribution is 0.475. The van der Waals surface area contributed by atoms with Crippen molar-refractivity contribution in [3.05, 3.63) is 52.8 Å². The second-order valence-corrected chi connectivity index (χ2v) is 5.25. The number of phenolic OH excluding ortho intramolecular Hbond substituents is 1. The second-order valence-electron chi connectivity index (χ2n) is 5.25. The van der Waals surface area contributed by atoms with Crippen molar-refractivity contribution in [3.8, 4) is 5.75 Å². The van der Waals surface area contributed by atoms with E-state index in [9.17, 15) is 5.11 Å². The third-order valence-electron chi connectivity index (χ3n) is 3.59. The van der Waals surface area contributed by atoms with Gasteiger partial charge in [-0.25, -0.2) is 4.98 Å². The lowest BCUT2D eigenvalue weighted by Crippen LogP contribution is -2.06. The molecule has 108 valence electrons. The number of aryl methyl sites for hydroxylation is 3. The van der Waals surface area contributed by atoms with Gasteiger partial charge in [0.2, 0.25) is 0 Å². The molecule has 0 saturated carbocycles. The summed E-state index contributed by atoms with van der Waals surface area (Å²) in [5.74, 6) is 1.20. The van der Waals surface area contributed by atoms with Crippen LogP contribution in [0.15, 0.2) is 30.3 Å². The van der Waals surface area contributed by atoms with Gasteiger partial charge in [0.1, 0.15) is 11.6 Å². The maximum absolute atomic E-state index is 9.31. The van der Waals surface area contributed by atoms with E-state index >= 15 is 0 Å². The Bertz CT molecular complexity index is 790. The van der Waals surface area contributed by atoms with Crippen molar-refractivity contribution in [2.75, 3.05) is 5.32 Å². The van der Waals surface area contributed by atoms with Gasteiger partial charge in [-0.15, -0.1) is 0 Å². The van der Waals surface area contributed by atoms with E-state index in [1.54, 1.807) is 12.1 Å². The molecule has 0 unspecified atom stereocenters. The van der Waals surface area contributed by atoms with Crippen LogP contribution in [0.4, 0.5) is 5.82 Å². The first-order valence-electron chi connectivity index (χ1n) is 6.90. The zero-order valence-electron chi connectivity index (χ0n) is 12.4. The molecule has 0 aliphatic heterocycles. The zero-order chi connectivity index (χ0) is 15.0. The van der Waals surface area contributed by atoms with Gasteiger partial charge in [-0.3, -0.25) is 0 Å². The first-order valence-corrected chi connectivity index (χ1v) is 6.90. The average Bonchev–Trinajstić information content (AvgIpc) is 2.74. The predicted molar refractivity (Wildman–Crippen MR) is 82.6 cm³/mol. The molecule has 3 rings (SSSR count). The van der Waals surface area contributed by atoms with E-state index in [0.29, 0.717) is 6.54 Å². The monoisotopic (exact) mass is 282 g/mol. The summed E-state index contributed by atoms with van der Waals surface area (Å²) in [6.07, 6.45) is 0. The number of fused-ring (bicyclic) bond motifs is 1. The van der Waals surface area contributed by atoms with Crippen LogP contribution in [0.3, 0.4) is 0 Å². The van der Waals surface area contributed by atoms with Crippen LogP contribution in [0, 0.1) is 20.8 Å². The van der Waals surface area contributed by atoms with Crippen molar-refractivity contribution in [2.45, 2.75) is 27.3 Å². The fraction of sp³-hybridized carbons (Fsp3) is 0.250. The highest BCUT2D eigenvalue weighted by Gasteiger charge is 2.10. The van der Waals surface area contributed by atoms with Gasteiger partial charge in [-0.2, -0.15) is 9.61 Å². The first kappa shape index (κ1) is 13.4. The number of benzene rings is 1. The Morgan fingerprint density at radius 1 is 1.14 bits per heavy atom. The first-order chi connectivity index (χ1) is 10.0. The van der Waals surface area contributed by atoms with E-state index in [1.807, 2.05) is 43.5 Å². The molecule has 0 saturated heterocycles. The van der Waals surface area contributed by atoms with Gasteiger partial charge < -0.3 is 10.4 Å². The number of rotatable bonds is 3. The van der Waals surface area contributed by atoms with Crippen LogP contribution < -0.4 is 5.32 Å². The molecule has 1 aromatic carbocycles. The summed E-state index contributed by atoms with van der Waals surface area (Å²) < 4.78 is 1.85. The van der Waals surface area contributed by atoms with Crippen LogP contribution in [0.1, 0.15) is 22.5 Å². The Labute approximate surface area is 123 Å². The zero-order valence-corrected chi connectivity index (χ0v) is 12.4. The minimum absolute atomic E-state index is 0.277. The summed E-state index contributed by atoms with van der Waals surface area (Å²) in [7, 11) is 0. The van der Waals surface area contributed by atoms with E-state index in [4.69, 9.17) is 0 Å². The highest BCUT2D eigenvalue weighted by atomic mass is 16.3. The van der Waals surface area contributed by atoms with Crippen LogP contribution in [-0.2, 0) is 6.54 Å². The Morgan fingerprint density at radius 2 is 1.86 bits per heavy atom. The topological polar surface area (TPSA) is 62.5 Å². The molecule has 3 aromatic rings. The molecule has 0 spiro atoms. The van der Waals surface area contributed by atoms with E-state index in [2.05, 4.69) is 15.4 Å². The van der Waals surface area contributed by atoms with Crippen molar-refractivity contribution >= 4 is 11.5 Å². The molecule has 21 heavy (non-hydrogen) atoms. The van der Waals surface area contributed by atoms with Crippen LogP contribution >= 0.6 is 0 Å². The number of aromatic nitrogens is 3. The summed E-state index contributed by atoms with van der Waals surface area (Å²) >= 11 is 0. The molecule has 2 aromatic heterocycles. The average molecular weight is 282 g/mol. The fourth-order valence-electron chi connectivity index (χ4n) is 2.28. The molecule has 0 aliphatic carbocycles. The third-order valence-corrected chi connectivity index (χ3v) is 3.59. The van der Waals surface area contributed by atoms with Crippen molar-refractivity contribution in [1.29, 1.82) is 0 Å². The number of anilines is 1. The molecule has 0 fully saturated rings. The minimum atomic E-state index is 0.277. The molecule has 5 heteroatoms. The summed E-state index contributed by atoms with van der Waals surface area (Å²) in [5.41, 5.74) is 5.03. The van der Waals surface area contributed by atoms with E-state index in [1.165, 1.54) is 0 Å². The van der Waals surface area contributed by atoms with Gasteiger partial charge >= 0.3 is 0 Å². The summed E-state index contributed by atoms with van der Waals surface area (Å²) in [5, 5.41) is 17.2. The molecule has 5 nitrogen and oxygen atoms in total. The molecule has 2 N–H and O–H groups in total. The Morgan fingerprint density at radius 3 is 2.57 bits per heavy atom. The minimum Gasteiger partial charge on any atom is -0.508 e. The Kier molecular flexibility index (Phi) is 3.25. The lowest BCUT2D eigenvalue weighted by atomic mass is 10.2. The maximum Gasteiger partial charge on any atom is 0.160 e. The number of hydrogen-bond donors (Lipinski definition) is 2. The number of nitrogens with zero attached hydrogens (tertiary/aromatic N) is 3. The number of hydrogen-bond acceptors (Lipinski definition) is 4. The molecule has 0 atom stereocenters. The van der Waals surface area contributed by atoms with Crippen molar-refractivity contribution in [3.63, 3.8) is 0 Å². The van der Waals surface area contributed by atoms with Gasteiger partial charge in [0.05, 0.1) is 5.69 Å². The van der Waals surface area contributed by atoms with Gasteiger partial charge in [0.15, 0.2) is 5.65 Å².